The monoisotopic (exact) mass is 358 g/mol. The minimum atomic E-state index is -0.00189. The zero-order chi connectivity index (χ0) is 18.4. The van der Waals surface area contributed by atoms with Crippen molar-refractivity contribution in [2.75, 3.05) is 25.0 Å². The van der Waals surface area contributed by atoms with Gasteiger partial charge in [0.1, 0.15) is 11.5 Å². The quantitative estimate of drug-likeness (QED) is 0.584. The molecule has 0 saturated carbocycles. The van der Waals surface area contributed by atoms with Crippen LogP contribution in [-0.2, 0) is 0 Å². The molecular formula is C22H22N4O. The summed E-state index contributed by atoms with van der Waals surface area (Å²) in [6.07, 6.45) is 3.93. The van der Waals surface area contributed by atoms with Crippen LogP contribution in [-0.4, -0.2) is 35.4 Å². The Labute approximate surface area is 158 Å². The summed E-state index contributed by atoms with van der Waals surface area (Å²) >= 11 is 0. The number of nitrogens with zero attached hydrogens (tertiary/aromatic N) is 2. The first-order valence-corrected chi connectivity index (χ1v) is 9.71. The van der Waals surface area contributed by atoms with Crippen molar-refractivity contribution >= 4 is 22.4 Å². The number of piperidine rings is 1. The molecule has 3 aromatic rings. The predicted octanol–water partition coefficient (Wildman–Crippen LogP) is 3.74. The van der Waals surface area contributed by atoms with Crippen molar-refractivity contribution in [2.24, 2.45) is 0 Å². The molecule has 2 aliphatic rings. The Morgan fingerprint density at radius 3 is 2.67 bits per heavy atom. The zero-order valence-corrected chi connectivity index (χ0v) is 15.4. The number of hydrogen-bond acceptors (Lipinski definition) is 5. The van der Waals surface area contributed by atoms with E-state index >= 15 is 0 Å². The fourth-order valence-electron chi connectivity index (χ4n) is 4.49. The molecule has 5 heteroatoms. The van der Waals surface area contributed by atoms with Crippen molar-refractivity contribution in [2.45, 2.75) is 25.7 Å². The van der Waals surface area contributed by atoms with Crippen LogP contribution in [0.25, 0.3) is 22.0 Å². The second-order valence-electron chi connectivity index (χ2n) is 7.23. The van der Waals surface area contributed by atoms with Crippen LogP contribution in [0.2, 0.25) is 0 Å². The average Bonchev–Trinajstić information content (AvgIpc) is 2.72. The number of hydrogen-bond donors (Lipinski definition) is 2. The molecule has 1 aliphatic carbocycles. The third-order valence-electron chi connectivity index (χ3n) is 5.69. The summed E-state index contributed by atoms with van der Waals surface area (Å²) in [7, 11) is 0. The Morgan fingerprint density at radius 2 is 1.89 bits per heavy atom. The topological polar surface area (TPSA) is 66.9 Å². The van der Waals surface area contributed by atoms with Crippen LogP contribution in [0.3, 0.4) is 0 Å². The van der Waals surface area contributed by atoms with Gasteiger partial charge >= 0.3 is 0 Å². The van der Waals surface area contributed by atoms with E-state index in [9.17, 15) is 4.79 Å². The number of nitrogens with one attached hydrogen (secondary N) is 2. The summed E-state index contributed by atoms with van der Waals surface area (Å²) in [5, 5.41) is 8.97. The van der Waals surface area contributed by atoms with Crippen molar-refractivity contribution in [3.8, 4) is 11.3 Å². The first kappa shape index (κ1) is 16.4. The molecule has 2 aromatic heterocycles. The van der Waals surface area contributed by atoms with E-state index in [1.54, 1.807) is 6.20 Å². The molecule has 5 nitrogen and oxygen atoms in total. The molecule has 0 spiro atoms. The van der Waals surface area contributed by atoms with E-state index in [2.05, 4.69) is 28.6 Å². The zero-order valence-electron chi connectivity index (χ0n) is 15.4. The summed E-state index contributed by atoms with van der Waals surface area (Å²) in [4.78, 5) is 22.6. The summed E-state index contributed by atoms with van der Waals surface area (Å²) in [5.74, 6) is 1.38. The molecule has 27 heavy (non-hydrogen) atoms. The van der Waals surface area contributed by atoms with Crippen LogP contribution >= 0.6 is 0 Å². The van der Waals surface area contributed by atoms with Gasteiger partial charge in [0.2, 0.25) is 5.78 Å². The molecule has 1 fully saturated rings. The predicted molar refractivity (Wildman–Crippen MR) is 107 cm³/mol. The van der Waals surface area contributed by atoms with Crippen LogP contribution in [0.15, 0.2) is 36.5 Å². The smallest absolute Gasteiger partial charge is 0.212 e. The third-order valence-corrected chi connectivity index (χ3v) is 5.69. The molecule has 0 bridgehead atoms. The summed E-state index contributed by atoms with van der Waals surface area (Å²) in [6.45, 7) is 4.94. The van der Waals surface area contributed by atoms with Gasteiger partial charge in [-0.2, -0.15) is 0 Å². The second-order valence-corrected chi connectivity index (χ2v) is 7.23. The van der Waals surface area contributed by atoms with Crippen LogP contribution in [0.1, 0.15) is 47.3 Å². The highest BCUT2D eigenvalue weighted by atomic mass is 16.1. The van der Waals surface area contributed by atoms with Crippen molar-refractivity contribution < 1.29 is 4.79 Å². The lowest BCUT2D eigenvalue weighted by atomic mass is 9.83. The van der Waals surface area contributed by atoms with E-state index in [0.717, 1.165) is 60.3 Å². The van der Waals surface area contributed by atoms with E-state index in [1.807, 2.05) is 24.3 Å². The van der Waals surface area contributed by atoms with Gasteiger partial charge in [0.25, 0.3) is 0 Å². The van der Waals surface area contributed by atoms with Gasteiger partial charge in [-0.15, -0.1) is 0 Å². The second kappa shape index (κ2) is 6.43. The number of carbonyl (C=O) groups is 1. The van der Waals surface area contributed by atoms with E-state index in [-0.39, 0.29) is 5.78 Å². The maximum absolute atomic E-state index is 13.1. The largest absolute Gasteiger partial charge is 0.370 e. The Morgan fingerprint density at radius 1 is 1.11 bits per heavy atom. The molecule has 5 rings (SSSR count). The highest BCUT2D eigenvalue weighted by molar-refractivity contribution is 6.24. The van der Waals surface area contributed by atoms with Crippen molar-refractivity contribution in [3.05, 3.63) is 53.3 Å². The number of fused-ring (bicyclic) bond motifs is 2. The van der Waals surface area contributed by atoms with Gasteiger partial charge in [0.05, 0.1) is 5.69 Å². The first-order chi connectivity index (χ1) is 13.3. The maximum atomic E-state index is 13.1. The number of pyridine rings is 2. The lowest BCUT2D eigenvalue weighted by Crippen LogP contribution is -2.27. The Balaban J connectivity index is 1.86. The minimum absolute atomic E-state index is 0.00189. The van der Waals surface area contributed by atoms with E-state index in [1.165, 1.54) is 5.56 Å². The van der Waals surface area contributed by atoms with Gasteiger partial charge in [-0.3, -0.25) is 9.78 Å². The molecule has 1 aliphatic heterocycles. The maximum Gasteiger partial charge on any atom is 0.212 e. The minimum Gasteiger partial charge on any atom is -0.370 e. The average molecular weight is 358 g/mol. The van der Waals surface area contributed by atoms with Crippen molar-refractivity contribution in [3.63, 3.8) is 0 Å². The van der Waals surface area contributed by atoms with E-state index in [4.69, 9.17) is 4.98 Å². The van der Waals surface area contributed by atoms with Gasteiger partial charge in [-0.05, 0) is 50.2 Å². The van der Waals surface area contributed by atoms with Crippen LogP contribution < -0.4 is 10.6 Å². The molecule has 1 saturated heterocycles. The molecule has 1 aromatic carbocycles. The van der Waals surface area contributed by atoms with Crippen LogP contribution in [0.4, 0.5) is 5.82 Å². The van der Waals surface area contributed by atoms with Gasteiger partial charge in [0.15, 0.2) is 0 Å². The molecule has 3 heterocycles. The standard InChI is InChI=1S/C22H22N4O/c1-2-24-22-17(13-7-10-23-11-8-13)16-9-12-25-20-18(16)19(26-22)14-5-3-4-6-15(14)21(20)27/h3-6,9,12-13,23H,2,7-8,10-11H2,1H3,(H,24,26). The molecule has 136 valence electrons. The van der Waals surface area contributed by atoms with E-state index < -0.39 is 0 Å². The number of rotatable bonds is 3. The number of aromatic nitrogens is 2. The molecule has 0 radical (unpaired) electrons. The normalized spacial score (nSPS) is 16.4. The summed E-state index contributed by atoms with van der Waals surface area (Å²) in [5.41, 5.74) is 4.25. The molecular weight excluding hydrogens is 336 g/mol. The fourth-order valence-corrected chi connectivity index (χ4v) is 4.49. The molecule has 0 atom stereocenters. The lowest BCUT2D eigenvalue weighted by molar-refractivity contribution is 0.103. The van der Waals surface area contributed by atoms with Gasteiger partial charge < -0.3 is 10.6 Å². The molecule has 0 unspecified atom stereocenters. The van der Waals surface area contributed by atoms with Crippen molar-refractivity contribution in [1.29, 1.82) is 0 Å². The SMILES string of the molecule is CCNc1nc2c3c(nccc3c1C1CCNCC1)C(=O)c1ccccc1-2. The highest BCUT2D eigenvalue weighted by Crippen LogP contribution is 2.43. The Bertz CT molecular complexity index is 1050. The number of benzene rings is 1. The number of ketones is 1. The summed E-state index contributed by atoms with van der Waals surface area (Å²) in [6, 6.07) is 9.79. The third kappa shape index (κ3) is 2.46. The Hall–Kier alpha value is -2.79. The number of carbonyl (C=O) groups excluding carboxylic acids is 1. The lowest BCUT2D eigenvalue weighted by Gasteiger charge is -2.28. The van der Waals surface area contributed by atoms with Gasteiger partial charge in [0, 0.05) is 34.8 Å². The molecule has 0 amide bonds. The van der Waals surface area contributed by atoms with E-state index in [0.29, 0.717) is 17.2 Å². The van der Waals surface area contributed by atoms with Crippen LogP contribution in [0.5, 0.6) is 0 Å². The van der Waals surface area contributed by atoms with Crippen molar-refractivity contribution in [1.82, 2.24) is 15.3 Å². The molecule has 2 N–H and O–H groups in total. The number of anilines is 1. The fraction of sp³-hybridized carbons (Fsp3) is 0.318. The van der Waals surface area contributed by atoms with Gasteiger partial charge in [-0.1, -0.05) is 24.3 Å². The van der Waals surface area contributed by atoms with Crippen LogP contribution in [0, 0.1) is 0 Å². The summed E-state index contributed by atoms with van der Waals surface area (Å²) < 4.78 is 0. The Kier molecular flexibility index (Phi) is 3.90. The highest BCUT2D eigenvalue weighted by Gasteiger charge is 2.31. The van der Waals surface area contributed by atoms with Gasteiger partial charge in [-0.25, -0.2) is 4.98 Å². The first-order valence-electron chi connectivity index (χ1n) is 9.71.